The molecule has 4 rings (SSSR count). The van der Waals surface area contributed by atoms with Crippen LogP contribution in [-0.4, -0.2) is 17.5 Å². The van der Waals surface area contributed by atoms with Gasteiger partial charge in [0.05, 0.1) is 13.0 Å². The van der Waals surface area contributed by atoms with E-state index in [1.165, 1.54) is 0 Å². The highest BCUT2D eigenvalue weighted by Gasteiger charge is 2.11. The number of nitrogens with one attached hydrogen (secondary N) is 1. The maximum absolute atomic E-state index is 12.2. The molecule has 0 unspecified atom stereocenters. The van der Waals surface area contributed by atoms with Crippen LogP contribution in [0.25, 0.3) is 22.6 Å². The average molecular weight is 372 g/mol. The van der Waals surface area contributed by atoms with Crippen LogP contribution in [0.2, 0.25) is 0 Å². The minimum Gasteiger partial charge on any atom is -0.493 e. The Morgan fingerprint density at radius 2 is 1.82 bits per heavy atom. The van der Waals surface area contributed by atoms with Crippen molar-refractivity contribution in [2.24, 2.45) is 0 Å². The molecule has 0 spiro atoms. The summed E-state index contributed by atoms with van der Waals surface area (Å²) in [6, 6.07) is 22.8. The third-order valence-electron chi connectivity index (χ3n) is 4.39. The molecule has 140 valence electrons. The number of carbonyl (C=O) groups excluding carboxylic acids is 1. The summed E-state index contributed by atoms with van der Waals surface area (Å²) < 4.78 is 11.5. The molecule has 0 radical (unpaired) electrons. The lowest BCUT2D eigenvalue weighted by molar-refractivity contribution is -0.116. The summed E-state index contributed by atoms with van der Waals surface area (Å²) in [5.74, 6) is 1.21. The lowest BCUT2D eigenvalue weighted by Crippen LogP contribution is -2.15. The van der Waals surface area contributed by atoms with Crippen LogP contribution >= 0.6 is 0 Å². The second-order valence-electron chi connectivity index (χ2n) is 6.48. The van der Waals surface area contributed by atoms with Crippen molar-refractivity contribution in [1.29, 1.82) is 0 Å². The molecule has 4 aromatic rings. The summed E-state index contributed by atoms with van der Waals surface area (Å²) in [6.45, 7) is 2.34. The zero-order chi connectivity index (χ0) is 19.3. The van der Waals surface area contributed by atoms with Gasteiger partial charge in [-0.05, 0) is 42.8 Å². The van der Waals surface area contributed by atoms with Crippen molar-refractivity contribution < 1.29 is 13.9 Å². The second-order valence-corrected chi connectivity index (χ2v) is 6.48. The first-order valence-corrected chi connectivity index (χ1v) is 9.13. The Balaban J connectivity index is 1.41. The fraction of sp³-hybridized carbons (Fsp3) is 0.130. The van der Waals surface area contributed by atoms with Crippen molar-refractivity contribution in [2.45, 2.75) is 13.3 Å². The van der Waals surface area contributed by atoms with Crippen LogP contribution in [0.3, 0.4) is 0 Å². The standard InChI is InChI=1S/C23H20N2O3/c1-16-7-5-6-10-19(16)23-25-20-12-11-17(15-21(20)28-23)24-22(26)13-14-27-18-8-3-2-4-9-18/h2-12,15H,13-14H2,1H3,(H,24,26). The highest BCUT2D eigenvalue weighted by Crippen LogP contribution is 2.28. The number of rotatable bonds is 6. The Morgan fingerprint density at radius 3 is 2.64 bits per heavy atom. The van der Waals surface area contributed by atoms with Crippen LogP contribution in [0.1, 0.15) is 12.0 Å². The maximum atomic E-state index is 12.2. The van der Waals surface area contributed by atoms with E-state index in [0.29, 0.717) is 23.8 Å². The number of oxazole rings is 1. The van der Waals surface area contributed by atoms with E-state index >= 15 is 0 Å². The molecule has 0 aliphatic heterocycles. The monoisotopic (exact) mass is 372 g/mol. The van der Waals surface area contributed by atoms with Gasteiger partial charge >= 0.3 is 0 Å². The fourth-order valence-corrected chi connectivity index (χ4v) is 2.93. The topological polar surface area (TPSA) is 64.4 Å². The molecule has 3 aromatic carbocycles. The molecule has 5 nitrogen and oxygen atoms in total. The molecule has 0 aliphatic rings. The Kier molecular flexibility index (Phi) is 5.06. The normalized spacial score (nSPS) is 10.8. The molecule has 0 fully saturated rings. The second kappa shape index (κ2) is 7.96. The largest absolute Gasteiger partial charge is 0.493 e. The minimum absolute atomic E-state index is 0.117. The van der Waals surface area contributed by atoms with Crippen molar-refractivity contribution in [3.63, 3.8) is 0 Å². The number of ether oxygens (including phenoxy) is 1. The molecule has 0 bridgehead atoms. The number of anilines is 1. The number of hydrogen-bond donors (Lipinski definition) is 1. The van der Waals surface area contributed by atoms with Crippen molar-refractivity contribution in [2.75, 3.05) is 11.9 Å². The van der Waals surface area contributed by atoms with Gasteiger partial charge in [-0.15, -0.1) is 0 Å². The number of hydrogen-bond acceptors (Lipinski definition) is 4. The maximum Gasteiger partial charge on any atom is 0.227 e. The van der Waals surface area contributed by atoms with E-state index in [1.54, 1.807) is 6.07 Å². The Bertz CT molecular complexity index is 1100. The molecule has 1 aromatic heterocycles. The lowest BCUT2D eigenvalue weighted by Gasteiger charge is -2.07. The summed E-state index contributed by atoms with van der Waals surface area (Å²) in [6.07, 6.45) is 0.262. The van der Waals surface area contributed by atoms with Crippen LogP contribution < -0.4 is 10.1 Å². The first-order chi connectivity index (χ1) is 13.7. The van der Waals surface area contributed by atoms with E-state index in [9.17, 15) is 4.79 Å². The molecule has 28 heavy (non-hydrogen) atoms. The first-order valence-electron chi connectivity index (χ1n) is 9.13. The zero-order valence-corrected chi connectivity index (χ0v) is 15.5. The van der Waals surface area contributed by atoms with Gasteiger partial charge in [-0.2, -0.15) is 0 Å². The molecule has 1 amide bonds. The van der Waals surface area contributed by atoms with Gasteiger partial charge in [-0.1, -0.05) is 36.4 Å². The zero-order valence-electron chi connectivity index (χ0n) is 15.5. The van der Waals surface area contributed by atoms with Gasteiger partial charge in [0.1, 0.15) is 11.3 Å². The van der Waals surface area contributed by atoms with Gasteiger partial charge in [0.25, 0.3) is 0 Å². The van der Waals surface area contributed by atoms with Crippen LogP contribution in [0.15, 0.2) is 77.2 Å². The van der Waals surface area contributed by atoms with E-state index < -0.39 is 0 Å². The number of carbonyl (C=O) groups is 1. The number of fused-ring (bicyclic) bond motifs is 1. The van der Waals surface area contributed by atoms with Crippen LogP contribution in [-0.2, 0) is 4.79 Å². The van der Waals surface area contributed by atoms with Gasteiger partial charge in [0, 0.05) is 17.3 Å². The van der Waals surface area contributed by atoms with Gasteiger partial charge in [-0.25, -0.2) is 4.98 Å². The molecule has 0 saturated carbocycles. The number of aromatic nitrogens is 1. The number of para-hydroxylation sites is 1. The number of nitrogens with zero attached hydrogens (tertiary/aromatic N) is 1. The number of aryl methyl sites for hydroxylation is 1. The van der Waals surface area contributed by atoms with Crippen LogP contribution in [0.5, 0.6) is 5.75 Å². The number of benzene rings is 3. The quantitative estimate of drug-likeness (QED) is 0.504. The van der Waals surface area contributed by atoms with Gasteiger partial charge in [0.15, 0.2) is 5.58 Å². The Hall–Kier alpha value is -3.60. The predicted molar refractivity (Wildman–Crippen MR) is 109 cm³/mol. The van der Waals surface area contributed by atoms with Crippen LogP contribution in [0.4, 0.5) is 5.69 Å². The summed E-state index contributed by atoms with van der Waals surface area (Å²) in [7, 11) is 0. The molecule has 1 heterocycles. The average Bonchev–Trinajstić information content (AvgIpc) is 3.12. The molecule has 1 N–H and O–H groups in total. The summed E-state index contributed by atoms with van der Waals surface area (Å²) >= 11 is 0. The molecule has 0 atom stereocenters. The third kappa shape index (κ3) is 4.04. The van der Waals surface area contributed by atoms with Gasteiger partial charge in [0.2, 0.25) is 11.8 Å². The van der Waals surface area contributed by atoms with Crippen molar-refractivity contribution in [1.82, 2.24) is 4.98 Å². The highest BCUT2D eigenvalue weighted by molar-refractivity contribution is 5.93. The Labute approximate surface area is 163 Å². The van der Waals surface area contributed by atoms with Crippen LogP contribution in [0, 0.1) is 6.92 Å². The van der Waals surface area contributed by atoms with Gasteiger partial charge in [-0.3, -0.25) is 4.79 Å². The summed E-state index contributed by atoms with van der Waals surface area (Å²) in [4.78, 5) is 16.7. The Morgan fingerprint density at radius 1 is 1.04 bits per heavy atom. The van der Waals surface area contributed by atoms with E-state index in [-0.39, 0.29) is 12.3 Å². The minimum atomic E-state index is -0.117. The summed E-state index contributed by atoms with van der Waals surface area (Å²) in [5, 5.41) is 2.87. The van der Waals surface area contributed by atoms with E-state index in [0.717, 1.165) is 22.4 Å². The number of amides is 1. The van der Waals surface area contributed by atoms with Crippen molar-refractivity contribution in [3.8, 4) is 17.2 Å². The highest BCUT2D eigenvalue weighted by atomic mass is 16.5. The third-order valence-corrected chi connectivity index (χ3v) is 4.39. The first kappa shape index (κ1) is 17.8. The van der Waals surface area contributed by atoms with E-state index in [2.05, 4.69) is 10.3 Å². The lowest BCUT2D eigenvalue weighted by atomic mass is 10.1. The van der Waals surface area contributed by atoms with Crippen molar-refractivity contribution >= 4 is 22.7 Å². The van der Waals surface area contributed by atoms with Gasteiger partial charge < -0.3 is 14.5 Å². The van der Waals surface area contributed by atoms with Crippen molar-refractivity contribution in [3.05, 3.63) is 78.4 Å². The molecular weight excluding hydrogens is 352 g/mol. The molecular formula is C23H20N2O3. The van der Waals surface area contributed by atoms with E-state index in [4.69, 9.17) is 9.15 Å². The smallest absolute Gasteiger partial charge is 0.227 e. The molecule has 0 aliphatic carbocycles. The molecule has 5 heteroatoms. The molecule has 0 saturated heterocycles. The van der Waals surface area contributed by atoms with E-state index in [1.807, 2.05) is 73.7 Å². The SMILES string of the molecule is Cc1ccccc1-c1nc2ccc(NC(=O)CCOc3ccccc3)cc2o1. The predicted octanol–water partition coefficient (Wildman–Crippen LogP) is 5.21. The fourth-order valence-electron chi connectivity index (χ4n) is 2.93. The summed E-state index contributed by atoms with van der Waals surface area (Å²) in [5.41, 5.74) is 4.12.